The fourth-order valence-electron chi connectivity index (χ4n) is 2.62. The van der Waals surface area contributed by atoms with E-state index < -0.39 is 0 Å². The van der Waals surface area contributed by atoms with E-state index in [1.807, 2.05) is 0 Å². The first-order valence-corrected chi connectivity index (χ1v) is 8.43. The van der Waals surface area contributed by atoms with E-state index in [4.69, 9.17) is 22.7 Å². The number of hydrogen-bond donors (Lipinski definition) is 1. The second kappa shape index (κ2) is 10.5. The topological polar surface area (TPSA) is 41.7 Å². The molecule has 1 atom stereocenters. The van der Waals surface area contributed by atoms with Crippen LogP contribution in [0.4, 0.5) is 0 Å². The maximum atomic E-state index is 5.87. The van der Waals surface area contributed by atoms with Crippen LogP contribution in [-0.4, -0.2) is 66.8 Å². The van der Waals surface area contributed by atoms with E-state index in [-0.39, 0.29) is 6.04 Å². The van der Waals surface area contributed by atoms with Gasteiger partial charge in [0.1, 0.15) is 0 Å². The summed E-state index contributed by atoms with van der Waals surface area (Å²) >= 11 is 5.21. The minimum absolute atomic E-state index is 0.290. The standard InChI is InChI=1S/C15H31N3OS/c1-3-5-12-19-13-11-17-7-9-18(10-8-17)14(6-4-2)15(16)20/h14H,3-13H2,1-2H3,(H2,16,20). The molecule has 0 saturated carbocycles. The highest BCUT2D eigenvalue weighted by Crippen LogP contribution is 2.11. The zero-order valence-electron chi connectivity index (χ0n) is 13.1. The van der Waals surface area contributed by atoms with E-state index >= 15 is 0 Å². The van der Waals surface area contributed by atoms with Gasteiger partial charge in [0.2, 0.25) is 0 Å². The Kier molecular flexibility index (Phi) is 9.35. The molecule has 2 N–H and O–H groups in total. The lowest BCUT2D eigenvalue weighted by atomic mass is 10.1. The molecule has 0 aromatic rings. The quantitative estimate of drug-likeness (QED) is 0.493. The Morgan fingerprint density at radius 2 is 1.85 bits per heavy atom. The van der Waals surface area contributed by atoms with Crippen LogP contribution in [0, 0.1) is 0 Å². The number of nitrogens with zero attached hydrogens (tertiary/aromatic N) is 2. The Morgan fingerprint density at radius 1 is 1.15 bits per heavy atom. The second-order valence-electron chi connectivity index (χ2n) is 5.55. The molecule has 0 amide bonds. The van der Waals surface area contributed by atoms with E-state index in [0.717, 1.165) is 58.8 Å². The average Bonchev–Trinajstić information content (AvgIpc) is 2.45. The van der Waals surface area contributed by atoms with Crippen LogP contribution in [0.1, 0.15) is 39.5 Å². The lowest BCUT2D eigenvalue weighted by Crippen LogP contribution is -2.54. The minimum atomic E-state index is 0.290. The van der Waals surface area contributed by atoms with E-state index in [9.17, 15) is 0 Å². The van der Waals surface area contributed by atoms with E-state index in [2.05, 4.69) is 23.6 Å². The van der Waals surface area contributed by atoms with Crippen molar-refractivity contribution in [3.8, 4) is 0 Å². The Bertz CT molecular complexity index is 268. The van der Waals surface area contributed by atoms with Gasteiger partial charge in [0.25, 0.3) is 0 Å². The SMILES string of the molecule is CCCCOCCN1CCN(C(CCC)C(N)=S)CC1. The molecule has 1 rings (SSSR count). The molecule has 0 aliphatic carbocycles. The molecule has 1 unspecified atom stereocenters. The smallest absolute Gasteiger partial charge is 0.0902 e. The molecular formula is C15H31N3OS. The molecule has 118 valence electrons. The van der Waals surface area contributed by atoms with Gasteiger partial charge in [0.15, 0.2) is 0 Å². The number of unbranched alkanes of at least 4 members (excludes halogenated alkanes) is 1. The molecule has 0 aromatic heterocycles. The number of hydrogen-bond acceptors (Lipinski definition) is 4. The number of ether oxygens (including phenoxy) is 1. The minimum Gasteiger partial charge on any atom is -0.392 e. The first kappa shape index (κ1) is 17.8. The van der Waals surface area contributed by atoms with Crippen molar-refractivity contribution in [2.24, 2.45) is 5.73 Å². The third-order valence-electron chi connectivity index (χ3n) is 3.93. The van der Waals surface area contributed by atoms with E-state index in [1.54, 1.807) is 0 Å². The molecule has 1 aliphatic rings. The number of rotatable bonds is 10. The van der Waals surface area contributed by atoms with Crippen LogP contribution in [0.15, 0.2) is 0 Å². The van der Waals surface area contributed by atoms with Gasteiger partial charge in [0, 0.05) is 39.3 Å². The second-order valence-corrected chi connectivity index (χ2v) is 6.02. The van der Waals surface area contributed by atoms with Crippen molar-refractivity contribution >= 4 is 17.2 Å². The summed E-state index contributed by atoms with van der Waals surface area (Å²) in [7, 11) is 0. The predicted octanol–water partition coefficient (Wildman–Crippen LogP) is 1.88. The Hall–Kier alpha value is -0.230. The Labute approximate surface area is 129 Å². The maximum absolute atomic E-state index is 5.87. The largest absolute Gasteiger partial charge is 0.392 e. The molecule has 0 spiro atoms. The molecule has 4 nitrogen and oxygen atoms in total. The molecule has 1 heterocycles. The summed E-state index contributed by atoms with van der Waals surface area (Å²) < 4.78 is 5.63. The van der Waals surface area contributed by atoms with Crippen LogP contribution < -0.4 is 5.73 Å². The molecule has 0 radical (unpaired) electrons. The first-order valence-electron chi connectivity index (χ1n) is 8.02. The van der Waals surface area contributed by atoms with Gasteiger partial charge in [-0.1, -0.05) is 38.9 Å². The lowest BCUT2D eigenvalue weighted by molar-refractivity contribution is 0.0682. The highest BCUT2D eigenvalue weighted by Gasteiger charge is 2.24. The molecule has 20 heavy (non-hydrogen) atoms. The van der Waals surface area contributed by atoms with Gasteiger partial charge >= 0.3 is 0 Å². The van der Waals surface area contributed by atoms with Gasteiger partial charge < -0.3 is 10.5 Å². The highest BCUT2D eigenvalue weighted by molar-refractivity contribution is 7.80. The predicted molar refractivity (Wildman–Crippen MR) is 89.2 cm³/mol. The number of nitrogens with two attached hydrogens (primary N) is 1. The van der Waals surface area contributed by atoms with Crippen LogP contribution in [0.3, 0.4) is 0 Å². The van der Waals surface area contributed by atoms with Crippen molar-refractivity contribution in [3.63, 3.8) is 0 Å². The van der Waals surface area contributed by atoms with Crippen molar-refractivity contribution < 1.29 is 4.74 Å². The third kappa shape index (κ3) is 6.48. The van der Waals surface area contributed by atoms with Gasteiger partial charge in [0.05, 0.1) is 17.6 Å². The van der Waals surface area contributed by atoms with Crippen LogP contribution in [0.5, 0.6) is 0 Å². The summed E-state index contributed by atoms with van der Waals surface area (Å²) in [5, 5.41) is 0. The Morgan fingerprint density at radius 3 is 2.40 bits per heavy atom. The zero-order chi connectivity index (χ0) is 14.8. The first-order chi connectivity index (χ1) is 9.69. The number of thiocarbonyl (C=S) groups is 1. The Balaban J connectivity index is 2.20. The van der Waals surface area contributed by atoms with Crippen LogP contribution in [-0.2, 0) is 4.74 Å². The zero-order valence-corrected chi connectivity index (χ0v) is 14.0. The number of piperazine rings is 1. The summed E-state index contributed by atoms with van der Waals surface area (Å²) in [4.78, 5) is 5.58. The van der Waals surface area contributed by atoms with Crippen molar-refractivity contribution in [1.29, 1.82) is 0 Å². The maximum Gasteiger partial charge on any atom is 0.0902 e. The van der Waals surface area contributed by atoms with Crippen LogP contribution in [0.25, 0.3) is 0 Å². The molecular weight excluding hydrogens is 270 g/mol. The summed E-state index contributed by atoms with van der Waals surface area (Å²) in [5.74, 6) is 0. The van der Waals surface area contributed by atoms with E-state index in [0.29, 0.717) is 4.99 Å². The normalized spacial score (nSPS) is 19.1. The van der Waals surface area contributed by atoms with Crippen molar-refractivity contribution in [2.45, 2.75) is 45.6 Å². The van der Waals surface area contributed by atoms with Gasteiger partial charge in [-0.15, -0.1) is 0 Å². The van der Waals surface area contributed by atoms with Gasteiger partial charge in [-0.2, -0.15) is 0 Å². The summed E-state index contributed by atoms with van der Waals surface area (Å²) in [5.41, 5.74) is 5.87. The summed E-state index contributed by atoms with van der Waals surface area (Å²) in [6.45, 7) is 11.5. The van der Waals surface area contributed by atoms with Gasteiger partial charge in [-0.3, -0.25) is 9.80 Å². The van der Waals surface area contributed by atoms with Crippen LogP contribution >= 0.6 is 12.2 Å². The van der Waals surface area contributed by atoms with Crippen molar-refractivity contribution in [3.05, 3.63) is 0 Å². The third-order valence-corrected chi connectivity index (χ3v) is 4.20. The molecule has 1 aliphatic heterocycles. The molecule has 1 fully saturated rings. The lowest BCUT2D eigenvalue weighted by Gasteiger charge is -2.38. The fourth-order valence-corrected chi connectivity index (χ4v) is 2.89. The van der Waals surface area contributed by atoms with Crippen molar-refractivity contribution in [2.75, 3.05) is 45.9 Å². The van der Waals surface area contributed by atoms with Gasteiger partial charge in [-0.25, -0.2) is 0 Å². The molecule has 5 heteroatoms. The van der Waals surface area contributed by atoms with Crippen LogP contribution in [0.2, 0.25) is 0 Å². The average molecular weight is 302 g/mol. The van der Waals surface area contributed by atoms with E-state index in [1.165, 1.54) is 12.8 Å². The fraction of sp³-hybridized carbons (Fsp3) is 0.933. The summed E-state index contributed by atoms with van der Waals surface area (Å²) in [6, 6.07) is 0.290. The van der Waals surface area contributed by atoms with Crippen molar-refractivity contribution in [1.82, 2.24) is 9.80 Å². The summed E-state index contributed by atoms with van der Waals surface area (Å²) in [6.07, 6.45) is 4.58. The molecule has 0 bridgehead atoms. The van der Waals surface area contributed by atoms with Gasteiger partial charge in [-0.05, 0) is 12.8 Å². The molecule has 1 saturated heterocycles. The highest BCUT2D eigenvalue weighted by atomic mass is 32.1. The molecule has 0 aromatic carbocycles. The monoisotopic (exact) mass is 301 g/mol.